The molecule has 2 amide bonds. The van der Waals surface area contributed by atoms with Crippen LogP contribution in [0.15, 0.2) is 47.4 Å². The monoisotopic (exact) mass is 382 g/mol. The van der Waals surface area contributed by atoms with Crippen LogP contribution in [0.25, 0.3) is 0 Å². The highest BCUT2D eigenvalue weighted by molar-refractivity contribution is 8.00. The van der Waals surface area contributed by atoms with Gasteiger partial charge in [-0.25, -0.2) is 0 Å². The number of hydrogen-bond acceptors (Lipinski definition) is 4. The third-order valence-electron chi connectivity index (χ3n) is 5.17. The number of carbonyl (C=O) groups is 2. The molecule has 6 heteroatoms. The van der Waals surface area contributed by atoms with Crippen molar-refractivity contribution in [3.05, 3.63) is 53.6 Å². The lowest BCUT2D eigenvalue weighted by molar-refractivity contribution is -0.138. The van der Waals surface area contributed by atoms with Crippen LogP contribution >= 0.6 is 11.8 Å². The van der Waals surface area contributed by atoms with Gasteiger partial charge in [-0.1, -0.05) is 18.2 Å². The zero-order valence-corrected chi connectivity index (χ0v) is 16.3. The Bertz CT molecular complexity index is 899. The van der Waals surface area contributed by atoms with Gasteiger partial charge in [-0.2, -0.15) is 0 Å². The van der Waals surface area contributed by atoms with Crippen LogP contribution in [0.4, 0.5) is 5.69 Å². The van der Waals surface area contributed by atoms with Crippen molar-refractivity contribution in [1.29, 1.82) is 0 Å². The normalized spacial score (nSPS) is 18.7. The molecule has 0 N–H and O–H groups in total. The van der Waals surface area contributed by atoms with E-state index in [1.807, 2.05) is 48.2 Å². The van der Waals surface area contributed by atoms with E-state index in [9.17, 15) is 9.59 Å². The molecule has 0 aromatic heterocycles. The van der Waals surface area contributed by atoms with E-state index in [1.54, 1.807) is 23.8 Å². The summed E-state index contributed by atoms with van der Waals surface area (Å²) in [5.41, 5.74) is 3.07. The molecule has 1 fully saturated rings. The maximum Gasteiger partial charge on any atom is 0.243 e. The number of methoxy groups -OCH3 is 1. The van der Waals surface area contributed by atoms with Crippen molar-refractivity contribution in [3.63, 3.8) is 0 Å². The van der Waals surface area contributed by atoms with Crippen LogP contribution in [0.1, 0.15) is 23.6 Å². The summed E-state index contributed by atoms with van der Waals surface area (Å²) >= 11 is 1.54. The van der Waals surface area contributed by atoms with Crippen LogP contribution in [0.2, 0.25) is 0 Å². The summed E-state index contributed by atoms with van der Waals surface area (Å²) in [6.07, 6.45) is 0.929. The van der Waals surface area contributed by atoms with E-state index < -0.39 is 0 Å². The first kappa shape index (κ1) is 17.9. The molecule has 1 atom stereocenters. The molecule has 0 saturated carbocycles. The second-order valence-corrected chi connectivity index (χ2v) is 7.93. The minimum absolute atomic E-state index is 0.0110. The number of hydrogen-bond donors (Lipinski definition) is 0. The van der Waals surface area contributed by atoms with Crippen molar-refractivity contribution in [2.45, 2.75) is 24.3 Å². The Labute approximate surface area is 163 Å². The average molecular weight is 382 g/mol. The molecule has 2 aliphatic heterocycles. The van der Waals surface area contributed by atoms with Crippen LogP contribution in [0.5, 0.6) is 5.75 Å². The Kier molecular flexibility index (Phi) is 4.83. The van der Waals surface area contributed by atoms with Gasteiger partial charge in [0.15, 0.2) is 0 Å². The maximum absolute atomic E-state index is 12.9. The zero-order valence-electron chi connectivity index (χ0n) is 15.5. The highest BCUT2D eigenvalue weighted by Gasteiger charge is 2.36. The highest BCUT2D eigenvalue weighted by atomic mass is 32.2. The lowest BCUT2D eigenvalue weighted by atomic mass is 9.94. The van der Waals surface area contributed by atoms with Crippen molar-refractivity contribution in [2.75, 3.05) is 30.9 Å². The van der Waals surface area contributed by atoms with Gasteiger partial charge < -0.3 is 14.5 Å². The van der Waals surface area contributed by atoms with Crippen molar-refractivity contribution in [1.82, 2.24) is 4.90 Å². The summed E-state index contributed by atoms with van der Waals surface area (Å²) in [6, 6.07) is 13.9. The number of amides is 2. The lowest BCUT2D eigenvalue weighted by Gasteiger charge is -2.42. The summed E-state index contributed by atoms with van der Waals surface area (Å²) in [4.78, 5) is 30.0. The van der Waals surface area contributed by atoms with E-state index in [4.69, 9.17) is 4.74 Å². The third-order valence-corrected chi connectivity index (χ3v) is 6.20. The van der Waals surface area contributed by atoms with Gasteiger partial charge in [0, 0.05) is 11.4 Å². The molecule has 0 spiro atoms. The van der Waals surface area contributed by atoms with E-state index in [-0.39, 0.29) is 24.4 Å². The first-order valence-electron chi connectivity index (χ1n) is 9.04. The molecule has 5 nitrogen and oxygen atoms in total. The number of rotatable bonds is 4. The van der Waals surface area contributed by atoms with E-state index in [0.717, 1.165) is 40.4 Å². The summed E-state index contributed by atoms with van der Waals surface area (Å²) in [7, 11) is 1.64. The predicted molar refractivity (Wildman–Crippen MR) is 106 cm³/mol. The van der Waals surface area contributed by atoms with Crippen LogP contribution < -0.4 is 9.64 Å². The third kappa shape index (κ3) is 3.41. The number of thioether (sulfide) groups is 1. The minimum atomic E-state index is -0.0131. The van der Waals surface area contributed by atoms with E-state index in [0.29, 0.717) is 5.75 Å². The van der Waals surface area contributed by atoms with Crippen LogP contribution in [-0.2, 0) is 9.59 Å². The largest absolute Gasteiger partial charge is 0.497 e. The fourth-order valence-electron chi connectivity index (χ4n) is 3.59. The molecule has 2 heterocycles. The Balaban J connectivity index is 1.52. The summed E-state index contributed by atoms with van der Waals surface area (Å²) in [6.45, 7) is 2.85. The molecule has 2 aromatic rings. The van der Waals surface area contributed by atoms with E-state index >= 15 is 0 Å². The summed E-state index contributed by atoms with van der Waals surface area (Å²) in [5.74, 6) is 1.14. The molecule has 2 aliphatic rings. The second kappa shape index (κ2) is 7.27. The van der Waals surface area contributed by atoms with Crippen molar-refractivity contribution in [2.24, 2.45) is 0 Å². The molecule has 0 radical (unpaired) electrons. The van der Waals surface area contributed by atoms with Crippen molar-refractivity contribution < 1.29 is 14.3 Å². The number of fused-ring (bicyclic) bond motifs is 1. The first-order chi connectivity index (χ1) is 13.1. The Morgan fingerprint density at radius 1 is 1.26 bits per heavy atom. The predicted octanol–water partition coefficient (Wildman–Crippen LogP) is 3.42. The van der Waals surface area contributed by atoms with Gasteiger partial charge >= 0.3 is 0 Å². The Morgan fingerprint density at radius 2 is 2.11 bits per heavy atom. The lowest BCUT2D eigenvalue weighted by Crippen LogP contribution is -2.51. The van der Waals surface area contributed by atoms with Gasteiger partial charge in [0.25, 0.3) is 0 Å². The Morgan fingerprint density at radius 3 is 2.85 bits per heavy atom. The highest BCUT2D eigenvalue weighted by Crippen LogP contribution is 2.38. The molecule has 0 aliphatic carbocycles. The van der Waals surface area contributed by atoms with Gasteiger partial charge in [-0.05, 0) is 48.7 Å². The number of carbonyl (C=O) groups excluding carboxylic acids is 2. The molecular formula is C21H22N2O3S. The van der Waals surface area contributed by atoms with Gasteiger partial charge in [0.1, 0.15) is 12.3 Å². The minimum Gasteiger partial charge on any atom is -0.497 e. The summed E-state index contributed by atoms with van der Waals surface area (Å²) < 4.78 is 5.29. The van der Waals surface area contributed by atoms with E-state index in [1.165, 1.54) is 0 Å². The van der Waals surface area contributed by atoms with Gasteiger partial charge in [0.2, 0.25) is 11.8 Å². The number of nitrogens with zero attached hydrogens (tertiary/aromatic N) is 2. The SMILES string of the molecule is COc1cccc(C2CCN2C(=O)CN2C(=O)CSc3cc(C)ccc32)c1. The van der Waals surface area contributed by atoms with Crippen molar-refractivity contribution in [3.8, 4) is 5.75 Å². The fraction of sp³-hybridized carbons (Fsp3) is 0.333. The molecule has 0 bridgehead atoms. The van der Waals surface area contributed by atoms with Crippen LogP contribution in [-0.4, -0.2) is 42.7 Å². The van der Waals surface area contributed by atoms with Gasteiger partial charge in [-0.3, -0.25) is 9.59 Å². The number of likely N-dealkylation sites (tertiary alicyclic amines) is 1. The molecule has 4 rings (SSSR count). The van der Waals surface area contributed by atoms with Crippen LogP contribution in [0, 0.1) is 6.92 Å². The number of anilines is 1. The number of ether oxygens (including phenoxy) is 1. The second-order valence-electron chi connectivity index (χ2n) is 6.91. The van der Waals surface area contributed by atoms with Crippen molar-refractivity contribution >= 4 is 29.3 Å². The number of aryl methyl sites for hydroxylation is 1. The molecule has 140 valence electrons. The molecule has 1 saturated heterocycles. The quantitative estimate of drug-likeness (QED) is 0.813. The molecular weight excluding hydrogens is 360 g/mol. The molecule has 1 unspecified atom stereocenters. The molecule has 2 aromatic carbocycles. The first-order valence-corrected chi connectivity index (χ1v) is 10.0. The number of benzene rings is 2. The standard InChI is InChI=1S/C21H22N2O3S/c1-14-6-7-18-19(10-14)27-13-21(25)23(18)12-20(24)22-9-8-17(22)15-4-3-5-16(11-15)26-2/h3-7,10-11,17H,8-9,12-13H2,1-2H3. The average Bonchev–Trinajstić information content (AvgIpc) is 2.63. The van der Waals surface area contributed by atoms with Gasteiger partial charge in [-0.15, -0.1) is 11.8 Å². The fourth-order valence-corrected chi connectivity index (χ4v) is 4.62. The van der Waals surface area contributed by atoms with Gasteiger partial charge in [0.05, 0.1) is 24.6 Å². The smallest absolute Gasteiger partial charge is 0.243 e. The topological polar surface area (TPSA) is 49.9 Å². The summed E-state index contributed by atoms with van der Waals surface area (Å²) in [5, 5.41) is 0. The van der Waals surface area contributed by atoms with E-state index in [2.05, 4.69) is 6.07 Å². The molecule has 27 heavy (non-hydrogen) atoms. The maximum atomic E-state index is 12.9. The van der Waals surface area contributed by atoms with Crippen LogP contribution in [0.3, 0.4) is 0 Å². The Hall–Kier alpha value is -2.47. The zero-order chi connectivity index (χ0) is 19.0.